The fourth-order valence-corrected chi connectivity index (χ4v) is 1.53. The van der Waals surface area contributed by atoms with Crippen LogP contribution >= 0.6 is 0 Å². The van der Waals surface area contributed by atoms with Gasteiger partial charge in [0.05, 0.1) is 0 Å². The highest BCUT2D eigenvalue weighted by atomic mass is 19.4. The summed E-state index contributed by atoms with van der Waals surface area (Å²) in [7, 11) is 3.17. The van der Waals surface area contributed by atoms with Crippen molar-refractivity contribution in [2.45, 2.75) is 19.2 Å². The van der Waals surface area contributed by atoms with Crippen LogP contribution in [0.15, 0.2) is 24.3 Å². The number of amides is 2. The Hall–Kier alpha value is -2.09. The van der Waals surface area contributed by atoms with Crippen LogP contribution in [0.2, 0.25) is 0 Å². The van der Waals surface area contributed by atoms with Crippen LogP contribution in [0.3, 0.4) is 0 Å². The highest BCUT2D eigenvalue weighted by molar-refractivity contribution is 5.98. The topological polar surface area (TPSA) is 58.6 Å². The zero-order valence-electron chi connectivity index (χ0n) is 12.4. The number of benzene rings is 1. The first-order valence-corrected chi connectivity index (χ1v) is 6.41. The third kappa shape index (κ3) is 5.72. The molecule has 0 spiro atoms. The highest BCUT2D eigenvalue weighted by Gasteiger charge is 2.29. The molecule has 122 valence electrons. The maximum absolute atomic E-state index is 12.0. The molecule has 8 heteroatoms. The van der Waals surface area contributed by atoms with E-state index in [-0.39, 0.29) is 5.91 Å². The molecule has 0 saturated heterocycles. The minimum absolute atomic E-state index is 0.252. The zero-order chi connectivity index (χ0) is 16.9. The van der Waals surface area contributed by atoms with Crippen LogP contribution in [0, 0.1) is 0 Å². The van der Waals surface area contributed by atoms with E-state index in [4.69, 9.17) is 0 Å². The molecular weight excluding hydrogens is 301 g/mol. The molecule has 0 aromatic heterocycles. The molecule has 5 nitrogen and oxygen atoms in total. The summed E-state index contributed by atoms with van der Waals surface area (Å²) in [6.07, 6.45) is -5.76. The van der Waals surface area contributed by atoms with Crippen LogP contribution in [0.25, 0.3) is 0 Å². The molecule has 22 heavy (non-hydrogen) atoms. The summed E-state index contributed by atoms with van der Waals surface area (Å²) in [4.78, 5) is 24.9. The number of anilines is 1. The molecule has 0 aliphatic rings. The van der Waals surface area contributed by atoms with Gasteiger partial charge in [-0.25, -0.2) is 0 Å². The number of halogens is 3. The molecule has 1 atom stereocenters. The van der Waals surface area contributed by atoms with E-state index >= 15 is 0 Å². The van der Waals surface area contributed by atoms with Gasteiger partial charge in [-0.1, -0.05) is 6.07 Å². The molecule has 0 heterocycles. The van der Waals surface area contributed by atoms with Crippen LogP contribution in [0.4, 0.5) is 18.9 Å². The molecule has 0 fully saturated rings. The Morgan fingerprint density at radius 3 is 2.50 bits per heavy atom. The Morgan fingerprint density at radius 2 is 1.95 bits per heavy atom. The SMILES string of the molecule is C[C@H](OCC(F)(F)F)C(=O)Nc1cccc(C(=O)N(C)C)c1. The van der Waals surface area contributed by atoms with Crippen molar-refractivity contribution in [1.82, 2.24) is 4.90 Å². The minimum Gasteiger partial charge on any atom is -0.359 e. The predicted octanol–water partition coefficient (Wildman–Crippen LogP) is 2.29. The second-order valence-corrected chi connectivity index (χ2v) is 4.84. The van der Waals surface area contributed by atoms with Crippen LogP contribution < -0.4 is 5.32 Å². The minimum atomic E-state index is -4.49. The van der Waals surface area contributed by atoms with Gasteiger partial charge in [0.25, 0.3) is 11.8 Å². The lowest BCUT2D eigenvalue weighted by Gasteiger charge is -2.15. The maximum Gasteiger partial charge on any atom is 0.411 e. The standard InChI is InChI=1S/C14H17F3N2O3/c1-9(22-8-14(15,16)17)12(20)18-11-6-4-5-10(7-11)13(21)19(2)3/h4-7,9H,8H2,1-3H3,(H,18,20)/t9-/m0/s1. The van der Waals surface area contributed by atoms with E-state index in [0.717, 1.165) is 0 Å². The lowest BCUT2D eigenvalue weighted by atomic mass is 10.1. The molecule has 2 amide bonds. The Balaban J connectivity index is 2.68. The number of hydrogen-bond acceptors (Lipinski definition) is 3. The second kappa shape index (κ2) is 7.26. The summed E-state index contributed by atoms with van der Waals surface area (Å²) >= 11 is 0. The van der Waals surface area contributed by atoms with Gasteiger partial charge in [-0.15, -0.1) is 0 Å². The average Bonchev–Trinajstić information content (AvgIpc) is 2.43. The molecule has 0 aliphatic carbocycles. The summed E-state index contributed by atoms with van der Waals surface area (Å²) in [5, 5.41) is 2.41. The third-order valence-electron chi connectivity index (χ3n) is 2.65. The van der Waals surface area contributed by atoms with Crippen molar-refractivity contribution in [1.29, 1.82) is 0 Å². The van der Waals surface area contributed by atoms with E-state index in [1.807, 2.05) is 0 Å². The summed E-state index contributed by atoms with van der Waals surface area (Å²) in [6, 6.07) is 6.10. The van der Waals surface area contributed by atoms with E-state index in [1.165, 1.54) is 24.0 Å². The lowest BCUT2D eigenvalue weighted by Crippen LogP contribution is -2.31. The van der Waals surface area contributed by atoms with E-state index < -0.39 is 24.8 Å². The molecular formula is C14H17F3N2O3. The Kier molecular flexibility index (Phi) is 5.92. The van der Waals surface area contributed by atoms with Crippen molar-refractivity contribution >= 4 is 17.5 Å². The summed E-state index contributed by atoms with van der Waals surface area (Å²) in [5.74, 6) is -0.976. The van der Waals surface area contributed by atoms with Crippen LogP contribution in [-0.4, -0.2) is 49.7 Å². The number of ether oxygens (including phenoxy) is 1. The average molecular weight is 318 g/mol. The van der Waals surface area contributed by atoms with Crippen molar-refractivity contribution in [2.24, 2.45) is 0 Å². The molecule has 0 unspecified atom stereocenters. The van der Waals surface area contributed by atoms with E-state index in [2.05, 4.69) is 10.1 Å². The number of alkyl halides is 3. The normalized spacial score (nSPS) is 12.6. The smallest absolute Gasteiger partial charge is 0.359 e. The highest BCUT2D eigenvalue weighted by Crippen LogP contribution is 2.16. The van der Waals surface area contributed by atoms with Gasteiger partial charge in [-0.3, -0.25) is 9.59 Å². The van der Waals surface area contributed by atoms with Crippen LogP contribution in [0.5, 0.6) is 0 Å². The molecule has 0 radical (unpaired) electrons. The molecule has 0 saturated carbocycles. The van der Waals surface area contributed by atoms with Gasteiger partial charge in [0, 0.05) is 25.3 Å². The zero-order valence-corrected chi connectivity index (χ0v) is 12.4. The molecule has 0 bridgehead atoms. The predicted molar refractivity (Wildman–Crippen MR) is 74.6 cm³/mol. The Bertz CT molecular complexity index is 544. The molecule has 0 aliphatic heterocycles. The number of carbonyl (C=O) groups is 2. The largest absolute Gasteiger partial charge is 0.411 e. The fourth-order valence-electron chi connectivity index (χ4n) is 1.53. The van der Waals surface area contributed by atoms with Gasteiger partial charge < -0.3 is 15.0 Å². The van der Waals surface area contributed by atoms with Crippen LogP contribution in [-0.2, 0) is 9.53 Å². The number of nitrogens with one attached hydrogen (secondary N) is 1. The number of nitrogens with zero attached hydrogens (tertiary/aromatic N) is 1. The second-order valence-electron chi connectivity index (χ2n) is 4.84. The van der Waals surface area contributed by atoms with Gasteiger partial charge in [-0.05, 0) is 25.1 Å². The molecule has 1 N–H and O–H groups in total. The summed E-state index contributed by atoms with van der Waals surface area (Å²) in [5.41, 5.74) is 0.659. The van der Waals surface area contributed by atoms with Crippen molar-refractivity contribution in [2.75, 3.05) is 26.0 Å². The third-order valence-corrected chi connectivity index (χ3v) is 2.65. The molecule has 1 rings (SSSR count). The van der Waals surface area contributed by atoms with Crippen LogP contribution in [0.1, 0.15) is 17.3 Å². The molecule has 1 aromatic carbocycles. The van der Waals surface area contributed by atoms with Gasteiger partial charge in [0.2, 0.25) is 0 Å². The summed E-state index contributed by atoms with van der Waals surface area (Å²) < 4.78 is 40.5. The van der Waals surface area contributed by atoms with Crippen molar-refractivity contribution in [3.8, 4) is 0 Å². The monoisotopic (exact) mass is 318 g/mol. The summed E-state index contributed by atoms with van der Waals surface area (Å²) in [6.45, 7) is -0.281. The maximum atomic E-state index is 12.0. The Morgan fingerprint density at radius 1 is 1.32 bits per heavy atom. The van der Waals surface area contributed by atoms with Gasteiger partial charge >= 0.3 is 6.18 Å². The number of rotatable bonds is 5. The lowest BCUT2D eigenvalue weighted by molar-refractivity contribution is -0.184. The number of hydrogen-bond donors (Lipinski definition) is 1. The van der Waals surface area contributed by atoms with Gasteiger partial charge in [-0.2, -0.15) is 13.2 Å². The van der Waals surface area contributed by atoms with E-state index in [9.17, 15) is 22.8 Å². The van der Waals surface area contributed by atoms with Gasteiger partial charge in [0.1, 0.15) is 12.7 Å². The van der Waals surface area contributed by atoms with Crippen molar-refractivity contribution in [3.63, 3.8) is 0 Å². The van der Waals surface area contributed by atoms with E-state index in [1.54, 1.807) is 26.2 Å². The quantitative estimate of drug-likeness (QED) is 0.906. The fraction of sp³-hybridized carbons (Fsp3) is 0.429. The Labute approximate surface area is 126 Å². The van der Waals surface area contributed by atoms with E-state index in [0.29, 0.717) is 11.3 Å². The first-order valence-electron chi connectivity index (χ1n) is 6.41. The first-order chi connectivity index (χ1) is 10.1. The number of carbonyl (C=O) groups excluding carboxylic acids is 2. The first kappa shape index (κ1) is 18.0. The molecule has 1 aromatic rings. The van der Waals surface area contributed by atoms with Crippen molar-refractivity contribution in [3.05, 3.63) is 29.8 Å². The van der Waals surface area contributed by atoms with Gasteiger partial charge in [0.15, 0.2) is 0 Å². The van der Waals surface area contributed by atoms with Crippen molar-refractivity contribution < 1.29 is 27.5 Å².